The van der Waals surface area contributed by atoms with Gasteiger partial charge >= 0.3 is 23.9 Å². The number of furan rings is 1. The van der Waals surface area contributed by atoms with E-state index in [2.05, 4.69) is 0 Å². The van der Waals surface area contributed by atoms with Gasteiger partial charge in [-0.3, -0.25) is 24.0 Å². The quantitative estimate of drug-likeness (QED) is 0.333. The normalized spacial score (nSPS) is 40.8. The van der Waals surface area contributed by atoms with Crippen molar-refractivity contribution in [2.45, 2.75) is 104 Å². The number of Topliss-reactive ketones (excluding diaryl/α,β-unsaturated/α-hetero) is 1. The Hall–Kier alpha value is -3.47. The molecule has 1 saturated heterocycles. The van der Waals surface area contributed by atoms with Gasteiger partial charge in [0.1, 0.15) is 11.7 Å². The van der Waals surface area contributed by atoms with E-state index in [4.69, 9.17) is 23.4 Å². The Kier molecular flexibility index (Phi) is 7.24. The second-order valence-corrected chi connectivity index (χ2v) is 15.3. The minimum atomic E-state index is -2.32. The van der Waals surface area contributed by atoms with E-state index in [1.54, 1.807) is 40.7 Å². The average molecular weight is 641 g/mol. The molecule has 3 saturated carbocycles. The first-order chi connectivity index (χ1) is 21.4. The fourth-order valence-electron chi connectivity index (χ4n) is 10.0. The molecule has 0 spiro atoms. The highest BCUT2D eigenvalue weighted by Crippen LogP contribution is 2.80. The van der Waals surface area contributed by atoms with Crippen LogP contribution in [0.15, 0.2) is 34.2 Å². The first kappa shape index (κ1) is 32.5. The Bertz CT molecular complexity index is 1540. The molecule has 11 nitrogen and oxygen atoms in total. The van der Waals surface area contributed by atoms with Gasteiger partial charge in [0, 0.05) is 33.8 Å². The first-order valence-corrected chi connectivity index (χ1v) is 16.2. The number of hydrogen-bond donors (Lipinski definition) is 1. The SMILES string of the molecule is COC(=O)CC1C2(C)CC3(O)C(OC(=O)C(C)C)(C(=O)C4=C5CC(=O)OC(c6ccoc6)C5(C)CCC4C13C)C2OC(=O)C(C)C. The lowest BCUT2D eigenvalue weighted by Crippen LogP contribution is -2.80. The maximum atomic E-state index is 15.5. The second kappa shape index (κ2) is 10.3. The minimum absolute atomic E-state index is 0.0542. The molecule has 6 rings (SSSR count). The summed E-state index contributed by atoms with van der Waals surface area (Å²) < 4.78 is 28.8. The van der Waals surface area contributed by atoms with E-state index in [0.717, 1.165) is 0 Å². The van der Waals surface area contributed by atoms with Crippen LogP contribution in [0.1, 0.15) is 92.2 Å². The fourth-order valence-corrected chi connectivity index (χ4v) is 10.0. The van der Waals surface area contributed by atoms with E-state index >= 15 is 4.79 Å². The molecule has 46 heavy (non-hydrogen) atoms. The molecule has 1 aromatic rings. The molecule has 1 aromatic heterocycles. The van der Waals surface area contributed by atoms with Crippen molar-refractivity contribution >= 4 is 29.7 Å². The summed E-state index contributed by atoms with van der Waals surface area (Å²) in [5, 5.41) is 13.2. The average Bonchev–Trinajstić information content (AvgIpc) is 3.63. The fraction of sp³-hybridized carbons (Fsp3) is 0.686. The van der Waals surface area contributed by atoms with Gasteiger partial charge in [-0.25, -0.2) is 0 Å². The largest absolute Gasteiger partial charge is 0.472 e. The van der Waals surface area contributed by atoms with Crippen LogP contribution >= 0.6 is 0 Å². The molecule has 9 unspecified atom stereocenters. The van der Waals surface area contributed by atoms with E-state index in [-0.39, 0.29) is 24.8 Å². The molecule has 4 aliphatic carbocycles. The van der Waals surface area contributed by atoms with Crippen LogP contribution in [-0.4, -0.2) is 59.2 Å². The first-order valence-electron chi connectivity index (χ1n) is 16.2. The van der Waals surface area contributed by atoms with Gasteiger partial charge in [-0.05, 0) is 42.7 Å². The van der Waals surface area contributed by atoms with Crippen molar-refractivity contribution < 1.29 is 52.4 Å². The van der Waals surface area contributed by atoms with Crippen LogP contribution in [0.3, 0.4) is 0 Å². The highest BCUT2D eigenvalue weighted by Gasteiger charge is 2.92. The van der Waals surface area contributed by atoms with Gasteiger partial charge in [-0.15, -0.1) is 0 Å². The van der Waals surface area contributed by atoms with Gasteiger partial charge < -0.3 is 28.5 Å². The van der Waals surface area contributed by atoms with E-state index in [9.17, 15) is 24.3 Å². The molecular weight excluding hydrogens is 596 g/mol. The van der Waals surface area contributed by atoms with Crippen molar-refractivity contribution in [2.75, 3.05) is 7.11 Å². The van der Waals surface area contributed by atoms with E-state index in [1.165, 1.54) is 19.6 Å². The van der Waals surface area contributed by atoms with Gasteiger partial charge in [-0.2, -0.15) is 0 Å². The molecule has 250 valence electrons. The highest BCUT2D eigenvalue weighted by molar-refractivity contribution is 6.09. The summed E-state index contributed by atoms with van der Waals surface area (Å²) in [4.78, 5) is 68.8. The summed E-state index contributed by atoms with van der Waals surface area (Å²) in [6.45, 7) is 12.1. The predicted octanol–water partition coefficient (Wildman–Crippen LogP) is 4.41. The molecule has 9 atom stereocenters. The van der Waals surface area contributed by atoms with Gasteiger partial charge in [0.15, 0.2) is 6.10 Å². The maximum Gasteiger partial charge on any atom is 0.310 e. The number of esters is 4. The number of aliphatic hydroxyl groups is 1. The van der Waals surface area contributed by atoms with Crippen molar-refractivity contribution in [1.82, 2.24) is 0 Å². The Labute approximate surface area is 268 Å². The number of methoxy groups -OCH3 is 1. The Morgan fingerprint density at radius 2 is 1.74 bits per heavy atom. The molecule has 1 N–H and O–H groups in total. The summed E-state index contributed by atoms with van der Waals surface area (Å²) >= 11 is 0. The summed E-state index contributed by atoms with van der Waals surface area (Å²) in [5.41, 5.74) is -6.07. The zero-order valence-electron chi connectivity index (χ0n) is 27.8. The van der Waals surface area contributed by atoms with Crippen molar-refractivity contribution in [2.24, 2.45) is 39.9 Å². The maximum absolute atomic E-state index is 15.5. The number of fused-ring (bicyclic) bond motifs is 4. The smallest absolute Gasteiger partial charge is 0.310 e. The molecule has 4 fully saturated rings. The third-order valence-corrected chi connectivity index (χ3v) is 12.3. The van der Waals surface area contributed by atoms with Crippen LogP contribution in [0.25, 0.3) is 0 Å². The van der Waals surface area contributed by atoms with E-state index < -0.39 is 93.0 Å². The standard InChI is InChI=1S/C35H44O11/c1-17(2)28(39)45-30-32(6)16-34(41)33(7,22(32)14-23(36)42-8)20-9-11-31(5)21(13-24(37)44-27(31)19-10-12-43-15-19)25(20)26(38)35(30,34)46-29(40)18(3)4/h10,12,15,17-18,20,22,27,30,41H,9,11,13-14,16H2,1-8H3. The summed E-state index contributed by atoms with van der Waals surface area (Å²) in [6, 6.07) is 1.72. The van der Waals surface area contributed by atoms with Crippen molar-refractivity contribution in [1.29, 1.82) is 0 Å². The zero-order valence-corrected chi connectivity index (χ0v) is 27.8. The van der Waals surface area contributed by atoms with Crippen LogP contribution in [0, 0.1) is 39.9 Å². The molecule has 5 aliphatic rings. The molecule has 0 radical (unpaired) electrons. The number of ether oxygens (including phenoxy) is 4. The van der Waals surface area contributed by atoms with Crippen molar-refractivity contribution in [3.8, 4) is 0 Å². The molecule has 0 aromatic carbocycles. The van der Waals surface area contributed by atoms with Crippen molar-refractivity contribution in [3.63, 3.8) is 0 Å². The molecule has 11 heteroatoms. The van der Waals surface area contributed by atoms with Gasteiger partial charge in [0.05, 0.1) is 37.9 Å². The number of ketones is 1. The molecule has 0 amide bonds. The second-order valence-electron chi connectivity index (χ2n) is 15.3. The Balaban J connectivity index is 1.67. The van der Waals surface area contributed by atoms with Crippen LogP contribution in [0.4, 0.5) is 0 Å². The predicted molar refractivity (Wildman–Crippen MR) is 159 cm³/mol. The van der Waals surface area contributed by atoms with Crippen LogP contribution in [-0.2, 0) is 42.9 Å². The van der Waals surface area contributed by atoms with Crippen LogP contribution in [0.5, 0.6) is 0 Å². The van der Waals surface area contributed by atoms with Gasteiger partial charge in [0.25, 0.3) is 0 Å². The number of carbonyl (C=O) groups excluding carboxylic acids is 5. The number of carbonyl (C=O) groups is 5. The van der Waals surface area contributed by atoms with E-state index in [0.29, 0.717) is 24.0 Å². The lowest BCUT2D eigenvalue weighted by Gasteiger charge is -2.66. The Morgan fingerprint density at radius 3 is 2.33 bits per heavy atom. The molecular formula is C35H44O11. The highest BCUT2D eigenvalue weighted by atomic mass is 16.6. The molecule has 2 heterocycles. The topological polar surface area (TPSA) is 156 Å². The monoisotopic (exact) mass is 640 g/mol. The minimum Gasteiger partial charge on any atom is -0.472 e. The molecule has 2 bridgehead atoms. The molecule has 1 aliphatic heterocycles. The van der Waals surface area contributed by atoms with Gasteiger partial charge in [0.2, 0.25) is 11.4 Å². The third kappa shape index (κ3) is 3.83. The lowest BCUT2D eigenvalue weighted by atomic mass is 9.41. The number of rotatable bonds is 7. The van der Waals surface area contributed by atoms with Crippen LogP contribution in [0.2, 0.25) is 0 Å². The zero-order chi connectivity index (χ0) is 33.8. The van der Waals surface area contributed by atoms with Crippen molar-refractivity contribution in [3.05, 3.63) is 35.3 Å². The Morgan fingerprint density at radius 1 is 1.07 bits per heavy atom. The summed E-state index contributed by atoms with van der Waals surface area (Å²) in [6.07, 6.45) is 1.41. The summed E-state index contributed by atoms with van der Waals surface area (Å²) in [5.74, 6) is -5.61. The van der Waals surface area contributed by atoms with Gasteiger partial charge in [-0.1, -0.05) is 48.5 Å². The van der Waals surface area contributed by atoms with E-state index in [1.807, 2.05) is 13.8 Å². The van der Waals surface area contributed by atoms with Crippen LogP contribution < -0.4 is 0 Å². The number of cyclic esters (lactones) is 1. The third-order valence-electron chi connectivity index (χ3n) is 12.3. The lowest BCUT2D eigenvalue weighted by molar-refractivity contribution is -0.281. The number of hydrogen-bond acceptors (Lipinski definition) is 11. The summed E-state index contributed by atoms with van der Waals surface area (Å²) in [7, 11) is 1.29.